The molecule has 1 aliphatic rings. The maximum Gasteiger partial charge on any atom is 0.228 e. The maximum atomic E-state index is 12.1. The number of aliphatic hydroxyl groups excluding tert-OH is 3. The van der Waals surface area contributed by atoms with Crippen LogP contribution in [0.15, 0.2) is 0 Å². The Morgan fingerprint density at radius 2 is 1.94 bits per heavy atom. The molecule has 1 saturated carbocycles. The van der Waals surface area contributed by atoms with Gasteiger partial charge in [0, 0.05) is 6.04 Å². The third-order valence-electron chi connectivity index (χ3n) is 3.84. The Kier molecular flexibility index (Phi) is 4.48. The molecule has 0 spiro atoms. The zero-order valence-corrected chi connectivity index (χ0v) is 10.1. The van der Waals surface area contributed by atoms with Crippen LogP contribution < -0.4 is 11.1 Å². The molecule has 0 aliphatic heterocycles. The minimum atomic E-state index is -1.37. The van der Waals surface area contributed by atoms with Crippen LogP contribution in [0.1, 0.15) is 26.2 Å². The quantitative estimate of drug-likeness (QED) is 0.398. The average molecular weight is 246 g/mol. The van der Waals surface area contributed by atoms with Crippen molar-refractivity contribution in [2.45, 2.75) is 37.8 Å². The van der Waals surface area contributed by atoms with Crippen LogP contribution in [0.25, 0.3) is 0 Å². The summed E-state index contributed by atoms with van der Waals surface area (Å²) < 4.78 is 0. The Labute approximate surface area is 101 Å². The first-order chi connectivity index (χ1) is 7.94. The van der Waals surface area contributed by atoms with Crippen LogP contribution >= 0.6 is 0 Å². The monoisotopic (exact) mass is 246 g/mol. The molecule has 2 unspecified atom stereocenters. The highest BCUT2D eigenvalue weighted by molar-refractivity contribution is 5.84. The van der Waals surface area contributed by atoms with Crippen molar-refractivity contribution in [1.82, 2.24) is 5.32 Å². The van der Waals surface area contributed by atoms with Crippen molar-refractivity contribution in [1.29, 1.82) is 0 Å². The van der Waals surface area contributed by atoms with Crippen LogP contribution in [0.3, 0.4) is 0 Å². The molecular formula is C11H22N2O4. The van der Waals surface area contributed by atoms with Gasteiger partial charge in [0.05, 0.1) is 25.2 Å². The predicted molar refractivity (Wildman–Crippen MR) is 62.1 cm³/mol. The highest BCUT2D eigenvalue weighted by Gasteiger charge is 2.45. The van der Waals surface area contributed by atoms with Crippen LogP contribution in [0, 0.1) is 5.41 Å². The summed E-state index contributed by atoms with van der Waals surface area (Å²) >= 11 is 0. The molecule has 0 bridgehead atoms. The van der Waals surface area contributed by atoms with E-state index in [0.717, 1.165) is 12.8 Å². The van der Waals surface area contributed by atoms with E-state index in [4.69, 9.17) is 21.1 Å². The van der Waals surface area contributed by atoms with E-state index in [9.17, 15) is 4.79 Å². The minimum Gasteiger partial charge on any atom is -0.394 e. The summed E-state index contributed by atoms with van der Waals surface area (Å²) in [5.41, 5.74) is 3.85. The second-order valence-corrected chi connectivity index (χ2v) is 5.12. The first kappa shape index (κ1) is 14.4. The molecule has 17 heavy (non-hydrogen) atoms. The summed E-state index contributed by atoms with van der Waals surface area (Å²) in [5, 5.41) is 30.0. The molecule has 0 radical (unpaired) electrons. The lowest BCUT2D eigenvalue weighted by molar-refractivity contribution is -0.135. The molecule has 100 valence electrons. The van der Waals surface area contributed by atoms with Crippen molar-refractivity contribution >= 4 is 5.91 Å². The Balaban J connectivity index is 2.77. The van der Waals surface area contributed by atoms with E-state index in [-0.39, 0.29) is 11.9 Å². The van der Waals surface area contributed by atoms with E-state index >= 15 is 0 Å². The van der Waals surface area contributed by atoms with Gasteiger partial charge in [0.2, 0.25) is 5.91 Å². The summed E-state index contributed by atoms with van der Waals surface area (Å²) in [6.45, 7) is 0.224. The molecule has 6 nitrogen and oxygen atoms in total. The van der Waals surface area contributed by atoms with E-state index < -0.39 is 30.8 Å². The fourth-order valence-corrected chi connectivity index (χ4v) is 2.13. The SMILES string of the molecule is CC1(C(=O)NC(CO)(CO)CO)CCCC1N. The Bertz CT molecular complexity index is 272. The van der Waals surface area contributed by atoms with Crippen molar-refractivity contribution in [2.75, 3.05) is 19.8 Å². The first-order valence-corrected chi connectivity index (χ1v) is 5.85. The van der Waals surface area contributed by atoms with Crippen molar-refractivity contribution in [3.8, 4) is 0 Å². The van der Waals surface area contributed by atoms with Gasteiger partial charge in [0.25, 0.3) is 0 Å². The summed E-state index contributed by atoms with van der Waals surface area (Å²) in [5.74, 6) is -0.320. The van der Waals surface area contributed by atoms with Crippen molar-refractivity contribution < 1.29 is 20.1 Å². The van der Waals surface area contributed by atoms with Crippen molar-refractivity contribution in [3.05, 3.63) is 0 Å². The summed E-state index contributed by atoms with van der Waals surface area (Å²) in [6.07, 6.45) is 2.35. The topological polar surface area (TPSA) is 116 Å². The molecule has 0 heterocycles. The summed E-state index contributed by atoms with van der Waals surface area (Å²) in [4.78, 5) is 12.1. The molecule has 0 aromatic rings. The molecule has 0 aromatic heterocycles. The number of nitrogens with one attached hydrogen (secondary N) is 1. The van der Waals surface area contributed by atoms with Gasteiger partial charge in [-0.25, -0.2) is 0 Å². The number of rotatable bonds is 5. The Morgan fingerprint density at radius 1 is 1.41 bits per heavy atom. The number of nitrogens with two attached hydrogens (primary N) is 1. The normalized spacial score (nSPS) is 29.4. The number of hydrogen-bond acceptors (Lipinski definition) is 5. The molecule has 1 fully saturated rings. The number of aliphatic hydroxyl groups is 3. The highest BCUT2D eigenvalue weighted by Crippen LogP contribution is 2.37. The standard InChI is InChI=1S/C11H22N2O4/c1-10(4-2-3-8(10)12)9(17)13-11(5-14,6-15)7-16/h8,14-16H,2-7,12H2,1H3,(H,13,17). The fourth-order valence-electron chi connectivity index (χ4n) is 2.13. The Morgan fingerprint density at radius 3 is 2.29 bits per heavy atom. The molecule has 2 atom stereocenters. The maximum absolute atomic E-state index is 12.1. The van der Waals surface area contributed by atoms with Crippen LogP contribution in [0.2, 0.25) is 0 Å². The van der Waals surface area contributed by atoms with Gasteiger partial charge in [-0.15, -0.1) is 0 Å². The van der Waals surface area contributed by atoms with Gasteiger partial charge in [0.1, 0.15) is 5.54 Å². The lowest BCUT2D eigenvalue weighted by atomic mass is 9.83. The largest absolute Gasteiger partial charge is 0.394 e. The van der Waals surface area contributed by atoms with Crippen LogP contribution in [-0.4, -0.2) is 52.6 Å². The van der Waals surface area contributed by atoms with E-state index in [1.165, 1.54) is 0 Å². The van der Waals surface area contributed by atoms with E-state index in [1.54, 1.807) is 6.92 Å². The fraction of sp³-hybridized carbons (Fsp3) is 0.909. The first-order valence-electron chi connectivity index (χ1n) is 5.85. The number of hydrogen-bond donors (Lipinski definition) is 5. The van der Waals surface area contributed by atoms with E-state index in [0.29, 0.717) is 6.42 Å². The number of carbonyl (C=O) groups is 1. The molecule has 1 aliphatic carbocycles. The van der Waals surface area contributed by atoms with Gasteiger partial charge in [-0.2, -0.15) is 0 Å². The zero-order chi connectivity index (χ0) is 13.1. The van der Waals surface area contributed by atoms with Gasteiger partial charge in [-0.05, 0) is 19.8 Å². The molecule has 1 rings (SSSR count). The van der Waals surface area contributed by atoms with Gasteiger partial charge in [-0.1, -0.05) is 6.42 Å². The second kappa shape index (κ2) is 5.30. The van der Waals surface area contributed by atoms with Gasteiger partial charge in [-0.3, -0.25) is 4.79 Å². The van der Waals surface area contributed by atoms with Crippen LogP contribution in [0.5, 0.6) is 0 Å². The number of carbonyl (C=O) groups excluding carboxylic acids is 1. The second-order valence-electron chi connectivity index (χ2n) is 5.12. The third-order valence-corrected chi connectivity index (χ3v) is 3.84. The molecule has 0 saturated heterocycles. The summed E-state index contributed by atoms with van der Waals surface area (Å²) in [6, 6.07) is -0.226. The zero-order valence-electron chi connectivity index (χ0n) is 10.1. The van der Waals surface area contributed by atoms with Gasteiger partial charge in [0.15, 0.2) is 0 Å². The molecule has 6 N–H and O–H groups in total. The van der Waals surface area contributed by atoms with E-state index in [1.807, 2.05) is 0 Å². The molecule has 0 aromatic carbocycles. The van der Waals surface area contributed by atoms with E-state index in [2.05, 4.69) is 5.32 Å². The molecule has 6 heteroatoms. The number of amides is 1. The lowest BCUT2D eigenvalue weighted by Gasteiger charge is -2.35. The van der Waals surface area contributed by atoms with Gasteiger partial charge < -0.3 is 26.4 Å². The van der Waals surface area contributed by atoms with Crippen molar-refractivity contribution in [3.63, 3.8) is 0 Å². The van der Waals surface area contributed by atoms with Crippen molar-refractivity contribution in [2.24, 2.45) is 11.1 Å². The average Bonchev–Trinajstić information content (AvgIpc) is 2.68. The smallest absolute Gasteiger partial charge is 0.228 e. The molecular weight excluding hydrogens is 224 g/mol. The minimum absolute atomic E-state index is 0.226. The van der Waals surface area contributed by atoms with Crippen LogP contribution in [-0.2, 0) is 4.79 Å². The van der Waals surface area contributed by atoms with Crippen LogP contribution in [0.4, 0.5) is 0 Å². The lowest BCUT2D eigenvalue weighted by Crippen LogP contribution is -2.61. The molecule has 1 amide bonds. The third kappa shape index (κ3) is 2.60. The van der Waals surface area contributed by atoms with Gasteiger partial charge >= 0.3 is 0 Å². The predicted octanol–water partition coefficient (Wildman–Crippen LogP) is -1.66. The Hall–Kier alpha value is -0.690. The summed E-state index contributed by atoms with van der Waals surface area (Å²) in [7, 11) is 0. The highest BCUT2D eigenvalue weighted by atomic mass is 16.3.